The molecule has 96 valence electrons. The summed E-state index contributed by atoms with van der Waals surface area (Å²) >= 11 is 13.3. The summed E-state index contributed by atoms with van der Waals surface area (Å²) in [4.78, 5) is 0. The lowest BCUT2D eigenvalue weighted by Crippen LogP contribution is -1.99. The predicted molar refractivity (Wildman–Crippen MR) is 82.3 cm³/mol. The van der Waals surface area contributed by atoms with Crippen molar-refractivity contribution in [3.63, 3.8) is 0 Å². The van der Waals surface area contributed by atoms with Gasteiger partial charge < -0.3 is 5.11 Å². The van der Waals surface area contributed by atoms with Crippen molar-refractivity contribution in [3.8, 4) is 0 Å². The van der Waals surface area contributed by atoms with E-state index in [1.165, 1.54) is 11.3 Å². The first-order valence-corrected chi connectivity index (χ1v) is 7.34. The van der Waals surface area contributed by atoms with Crippen LogP contribution in [0.1, 0.15) is 17.2 Å². The van der Waals surface area contributed by atoms with E-state index in [-0.39, 0.29) is 0 Å². The summed E-state index contributed by atoms with van der Waals surface area (Å²) in [5.74, 6) is 0. The number of thiophene rings is 1. The molecule has 0 aliphatic carbocycles. The van der Waals surface area contributed by atoms with Crippen molar-refractivity contribution in [2.75, 3.05) is 0 Å². The topological polar surface area (TPSA) is 20.2 Å². The summed E-state index contributed by atoms with van der Waals surface area (Å²) in [7, 11) is 0. The molecule has 0 amide bonds. The van der Waals surface area contributed by atoms with Crippen LogP contribution in [0.4, 0.5) is 0 Å². The molecule has 4 heteroatoms. The molecule has 0 radical (unpaired) electrons. The molecular weight excluding hydrogens is 299 g/mol. The summed E-state index contributed by atoms with van der Waals surface area (Å²) in [5, 5.41) is 12.7. The van der Waals surface area contributed by atoms with Crippen LogP contribution in [0, 0.1) is 0 Å². The van der Waals surface area contributed by atoms with Crippen LogP contribution in [-0.4, -0.2) is 5.11 Å². The summed E-state index contributed by atoms with van der Waals surface area (Å²) < 4.78 is 1.12. The minimum absolute atomic E-state index is 0.533. The number of hydrogen-bond acceptors (Lipinski definition) is 2. The van der Waals surface area contributed by atoms with Crippen molar-refractivity contribution >= 4 is 45.3 Å². The van der Waals surface area contributed by atoms with Gasteiger partial charge in [0.25, 0.3) is 0 Å². The van der Waals surface area contributed by atoms with Crippen LogP contribution >= 0.6 is 34.5 Å². The minimum atomic E-state index is -0.762. The highest BCUT2D eigenvalue weighted by Gasteiger charge is 2.18. The molecule has 0 aliphatic rings. The quantitative estimate of drug-likeness (QED) is 0.682. The molecule has 1 atom stereocenters. The standard InChI is InChI=1S/C15H10Cl2OS/c16-13-8-12(15(17)19-13)14(18)11-7-3-5-9-4-1-2-6-10(9)11/h1-8,14,18H. The molecule has 0 saturated heterocycles. The molecule has 0 aliphatic heterocycles. The molecule has 2 aromatic carbocycles. The Bertz CT molecular complexity index is 731. The maximum Gasteiger partial charge on any atom is 0.107 e. The predicted octanol–water partition coefficient (Wildman–Crippen LogP) is 5.29. The molecule has 0 fully saturated rings. The zero-order chi connectivity index (χ0) is 13.4. The Morgan fingerprint density at radius 2 is 1.68 bits per heavy atom. The number of halogens is 2. The molecule has 1 heterocycles. The van der Waals surface area contributed by atoms with Crippen LogP contribution in [0.3, 0.4) is 0 Å². The van der Waals surface area contributed by atoms with Crippen molar-refractivity contribution in [2.45, 2.75) is 6.10 Å². The average molecular weight is 309 g/mol. The van der Waals surface area contributed by atoms with Gasteiger partial charge in [0.2, 0.25) is 0 Å². The van der Waals surface area contributed by atoms with E-state index in [0.29, 0.717) is 14.2 Å². The number of aliphatic hydroxyl groups excluding tert-OH is 1. The fourth-order valence-electron chi connectivity index (χ4n) is 2.20. The van der Waals surface area contributed by atoms with Gasteiger partial charge in [0, 0.05) is 5.56 Å². The number of fused-ring (bicyclic) bond motifs is 1. The van der Waals surface area contributed by atoms with E-state index in [9.17, 15) is 5.11 Å². The van der Waals surface area contributed by atoms with Crippen molar-refractivity contribution in [1.82, 2.24) is 0 Å². The summed E-state index contributed by atoms with van der Waals surface area (Å²) in [6.45, 7) is 0. The fraction of sp³-hybridized carbons (Fsp3) is 0.0667. The number of aliphatic hydroxyl groups is 1. The molecule has 1 nitrogen and oxygen atoms in total. The van der Waals surface area contributed by atoms with Gasteiger partial charge >= 0.3 is 0 Å². The van der Waals surface area contributed by atoms with Crippen LogP contribution < -0.4 is 0 Å². The van der Waals surface area contributed by atoms with Crippen LogP contribution in [0.25, 0.3) is 10.8 Å². The molecule has 19 heavy (non-hydrogen) atoms. The van der Waals surface area contributed by atoms with Crippen molar-refractivity contribution < 1.29 is 5.11 Å². The Kier molecular flexibility index (Phi) is 3.50. The SMILES string of the molecule is OC(c1cc(Cl)sc1Cl)c1cccc2ccccc12. The lowest BCUT2D eigenvalue weighted by atomic mass is 9.97. The smallest absolute Gasteiger partial charge is 0.107 e. The summed E-state index contributed by atoms with van der Waals surface area (Å²) in [6.07, 6.45) is -0.762. The molecule has 0 bridgehead atoms. The Hall–Kier alpha value is -1.06. The first-order chi connectivity index (χ1) is 9.16. The van der Waals surface area contributed by atoms with Crippen LogP contribution in [-0.2, 0) is 0 Å². The minimum Gasteiger partial charge on any atom is -0.384 e. The second-order valence-corrected chi connectivity index (χ2v) is 6.54. The second-order valence-electron chi connectivity index (χ2n) is 4.25. The molecule has 1 unspecified atom stereocenters. The van der Waals surface area contributed by atoms with Crippen LogP contribution in [0.5, 0.6) is 0 Å². The van der Waals surface area contributed by atoms with Gasteiger partial charge in [0.05, 0.1) is 4.34 Å². The van der Waals surface area contributed by atoms with E-state index < -0.39 is 6.10 Å². The van der Waals surface area contributed by atoms with Crippen LogP contribution in [0.15, 0.2) is 48.5 Å². The van der Waals surface area contributed by atoms with Crippen molar-refractivity contribution in [2.24, 2.45) is 0 Å². The Morgan fingerprint density at radius 1 is 0.947 bits per heavy atom. The molecular formula is C15H10Cl2OS. The van der Waals surface area contributed by atoms with E-state index >= 15 is 0 Å². The highest BCUT2D eigenvalue weighted by molar-refractivity contribution is 7.20. The monoisotopic (exact) mass is 308 g/mol. The van der Waals surface area contributed by atoms with E-state index in [0.717, 1.165) is 16.3 Å². The van der Waals surface area contributed by atoms with Gasteiger partial charge in [-0.15, -0.1) is 11.3 Å². The average Bonchev–Trinajstić information content (AvgIpc) is 2.76. The zero-order valence-electron chi connectivity index (χ0n) is 9.81. The first-order valence-electron chi connectivity index (χ1n) is 5.77. The van der Waals surface area contributed by atoms with Gasteiger partial charge in [-0.05, 0) is 22.4 Å². The second kappa shape index (κ2) is 5.14. The Balaban J connectivity index is 2.16. The number of rotatable bonds is 2. The molecule has 0 spiro atoms. The van der Waals surface area contributed by atoms with Gasteiger partial charge in [0.15, 0.2) is 0 Å². The maximum absolute atomic E-state index is 10.5. The molecule has 0 saturated carbocycles. The lowest BCUT2D eigenvalue weighted by molar-refractivity contribution is 0.222. The molecule has 3 rings (SSSR count). The van der Waals surface area contributed by atoms with Gasteiger partial charge in [-0.2, -0.15) is 0 Å². The van der Waals surface area contributed by atoms with Crippen molar-refractivity contribution in [3.05, 3.63) is 68.3 Å². The van der Waals surface area contributed by atoms with E-state index in [2.05, 4.69) is 0 Å². The Morgan fingerprint density at radius 3 is 2.42 bits per heavy atom. The molecule has 1 N–H and O–H groups in total. The van der Waals surface area contributed by atoms with Crippen molar-refractivity contribution in [1.29, 1.82) is 0 Å². The summed E-state index contributed by atoms with van der Waals surface area (Å²) in [5.41, 5.74) is 1.50. The largest absolute Gasteiger partial charge is 0.384 e. The molecule has 3 aromatic rings. The number of benzene rings is 2. The lowest BCUT2D eigenvalue weighted by Gasteiger charge is -2.13. The third-order valence-corrected chi connectivity index (χ3v) is 4.61. The third kappa shape index (κ3) is 2.37. The third-order valence-electron chi connectivity index (χ3n) is 3.10. The first kappa shape index (κ1) is 12.9. The van der Waals surface area contributed by atoms with Crippen LogP contribution in [0.2, 0.25) is 8.67 Å². The highest BCUT2D eigenvalue weighted by Crippen LogP contribution is 2.38. The Labute approximate surface area is 125 Å². The van der Waals surface area contributed by atoms with Gasteiger partial charge in [-0.25, -0.2) is 0 Å². The summed E-state index contributed by atoms with van der Waals surface area (Å²) in [6, 6.07) is 15.5. The fourth-order valence-corrected chi connectivity index (χ4v) is 3.72. The van der Waals surface area contributed by atoms with Gasteiger partial charge in [-0.3, -0.25) is 0 Å². The maximum atomic E-state index is 10.5. The van der Waals surface area contributed by atoms with E-state index in [4.69, 9.17) is 23.2 Å². The molecule has 1 aromatic heterocycles. The highest BCUT2D eigenvalue weighted by atomic mass is 35.5. The van der Waals surface area contributed by atoms with E-state index in [1.54, 1.807) is 6.07 Å². The number of hydrogen-bond donors (Lipinski definition) is 1. The van der Waals surface area contributed by atoms with E-state index in [1.807, 2.05) is 42.5 Å². The zero-order valence-corrected chi connectivity index (χ0v) is 12.1. The normalized spacial score (nSPS) is 12.8. The van der Waals surface area contributed by atoms with Gasteiger partial charge in [-0.1, -0.05) is 65.7 Å². The van der Waals surface area contributed by atoms with Gasteiger partial charge in [0.1, 0.15) is 10.4 Å².